The molecule has 1 fully saturated rings. The Morgan fingerprint density at radius 3 is 2.71 bits per heavy atom. The van der Waals surface area contributed by atoms with E-state index in [1.54, 1.807) is 0 Å². The van der Waals surface area contributed by atoms with Gasteiger partial charge in [-0.05, 0) is 36.9 Å². The van der Waals surface area contributed by atoms with Crippen molar-refractivity contribution in [2.45, 2.75) is 37.5 Å². The zero-order chi connectivity index (χ0) is 25.3. The van der Waals surface area contributed by atoms with Gasteiger partial charge in [-0.25, -0.2) is 9.97 Å². The lowest BCUT2D eigenvalue weighted by atomic mass is 9.90. The molecule has 1 unspecified atom stereocenters. The number of rotatable bonds is 5. The lowest BCUT2D eigenvalue weighted by molar-refractivity contribution is -0.277. The molecule has 0 radical (unpaired) electrons. The van der Waals surface area contributed by atoms with Crippen molar-refractivity contribution in [1.82, 2.24) is 15.3 Å². The summed E-state index contributed by atoms with van der Waals surface area (Å²) in [4.78, 5) is 20.7. The smallest absolute Gasteiger partial charge is 0.393 e. The van der Waals surface area contributed by atoms with E-state index in [9.17, 15) is 28.2 Å². The zero-order valence-electron chi connectivity index (χ0n) is 19.2. The number of benzene rings is 1. The monoisotopic (exact) mass is 443 g/mol. The van der Waals surface area contributed by atoms with Gasteiger partial charge in [-0.15, -0.1) is 0 Å². The van der Waals surface area contributed by atoms with Gasteiger partial charge in [0.25, 0.3) is 5.91 Å². The van der Waals surface area contributed by atoms with Crippen LogP contribution in [0.15, 0.2) is 24.4 Å². The van der Waals surface area contributed by atoms with E-state index in [4.69, 9.17) is 14.6 Å². The second kappa shape index (κ2) is 8.77. The molecule has 0 saturated carbocycles. The molecule has 0 bridgehead atoms. The van der Waals surface area contributed by atoms with Crippen LogP contribution in [0.2, 0.25) is 0 Å². The third-order valence-electron chi connectivity index (χ3n) is 5.04. The number of amides is 1. The number of alkyl halides is 3. The summed E-state index contributed by atoms with van der Waals surface area (Å²) in [7, 11) is 0. The number of aliphatic hydroxyl groups excluding tert-OH is 1. The minimum Gasteiger partial charge on any atom is -0.393 e. The van der Waals surface area contributed by atoms with Gasteiger partial charge in [0.05, 0.1) is 18.5 Å². The molecule has 11 heteroatoms. The van der Waals surface area contributed by atoms with Gasteiger partial charge >= 0.3 is 6.18 Å². The van der Waals surface area contributed by atoms with Crippen molar-refractivity contribution < 1.29 is 37.0 Å². The normalized spacial score (nSPS) is 19.1. The molecule has 2 heterocycles. The van der Waals surface area contributed by atoms with E-state index >= 15 is 0 Å². The number of aliphatic hydroxyl groups is 2. The van der Waals surface area contributed by atoms with E-state index < -0.39 is 42.3 Å². The van der Waals surface area contributed by atoms with E-state index in [-0.39, 0.29) is 28.8 Å². The van der Waals surface area contributed by atoms with Gasteiger partial charge in [-0.1, -0.05) is 12.1 Å². The summed E-state index contributed by atoms with van der Waals surface area (Å²) in [6.07, 6.45) is -3.13. The number of ether oxygens (including phenoxy) is 1. The lowest BCUT2D eigenvalue weighted by Crippen LogP contribution is -2.45. The average Bonchev–Trinajstić information content (AvgIpc) is 2.77. The van der Waals surface area contributed by atoms with Crippen molar-refractivity contribution in [3.63, 3.8) is 0 Å². The molecule has 1 amide bonds. The first-order valence-electron chi connectivity index (χ1n) is 10.8. The van der Waals surface area contributed by atoms with E-state index in [1.807, 2.05) is 0 Å². The minimum atomic E-state index is -5.26. The number of anilines is 1. The summed E-state index contributed by atoms with van der Waals surface area (Å²) in [5.74, 6) is -0.949. The maximum Gasteiger partial charge on any atom is 0.423 e. The van der Waals surface area contributed by atoms with Crippen LogP contribution < -0.4 is 11.1 Å². The molecule has 1 atom stereocenters. The first-order chi connectivity index (χ1) is 15.8. The van der Waals surface area contributed by atoms with Crippen LogP contribution in [0.5, 0.6) is 0 Å². The Bertz CT molecular complexity index is 1060. The lowest BCUT2D eigenvalue weighted by Gasteiger charge is -2.29. The van der Waals surface area contributed by atoms with Crippen molar-refractivity contribution in [3.05, 3.63) is 41.2 Å². The van der Waals surface area contributed by atoms with Crippen LogP contribution in [0.4, 0.5) is 19.0 Å². The van der Waals surface area contributed by atoms with Crippen LogP contribution in [0.25, 0.3) is 11.3 Å². The van der Waals surface area contributed by atoms with Crippen LogP contribution in [-0.4, -0.2) is 58.1 Å². The summed E-state index contributed by atoms with van der Waals surface area (Å²) in [6, 6.07) is 2.19. The number of hydrogen-bond acceptors (Lipinski definition) is 7. The third-order valence-corrected chi connectivity index (χ3v) is 5.04. The molecule has 3 rings (SSSR count). The number of aryl methyl sites for hydroxylation is 1. The Labute approximate surface area is 180 Å². The van der Waals surface area contributed by atoms with Crippen LogP contribution in [0.1, 0.15) is 38.6 Å². The number of carbonyl (C=O) groups is 1. The Morgan fingerprint density at radius 2 is 2.10 bits per heavy atom. The highest BCUT2D eigenvalue weighted by Crippen LogP contribution is 2.40. The fraction of sp³-hybridized carbons (Fsp3) is 0.450. The van der Waals surface area contributed by atoms with Gasteiger partial charge in [0.2, 0.25) is 5.60 Å². The number of hydrogen-bond donors (Lipinski definition) is 4. The first kappa shape index (κ1) is 19.0. The molecule has 0 aliphatic carbocycles. The predicted octanol–water partition coefficient (Wildman–Crippen LogP) is 1.69. The second-order valence-corrected chi connectivity index (χ2v) is 7.13. The Morgan fingerprint density at radius 1 is 1.39 bits per heavy atom. The molecular weight excluding hydrogens is 417 g/mol. The summed E-state index contributed by atoms with van der Waals surface area (Å²) < 4.78 is 68.9. The number of halogens is 3. The highest BCUT2D eigenvalue weighted by Gasteiger charge is 2.54. The number of nitrogens with two attached hydrogens (primary N) is 1. The predicted molar refractivity (Wildman–Crippen MR) is 105 cm³/mol. The van der Waals surface area contributed by atoms with Crippen LogP contribution >= 0.6 is 0 Å². The van der Waals surface area contributed by atoms with Crippen LogP contribution in [0, 0.1) is 6.85 Å². The van der Waals surface area contributed by atoms with E-state index in [1.165, 1.54) is 0 Å². The fourth-order valence-electron chi connectivity index (χ4n) is 3.15. The van der Waals surface area contributed by atoms with Crippen LogP contribution in [0.3, 0.4) is 0 Å². The highest BCUT2D eigenvalue weighted by molar-refractivity contribution is 5.97. The molecule has 168 valence electrons. The summed E-state index contributed by atoms with van der Waals surface area (Å²) in [5, 5.41) is 22.1. The van der Waals surface area contributed by atoms with Crippen molar-refractivity contribution in [2.75, 3.05) is 25.6 Å². The fourth-order valence-corrected chi connectivity index (χ4v) is 3.15. The second-order valence-electron chi connectivity index (χ2n) is 7.13. The first-order valence-corrected chi connectivity index (χ1v) is 9.34. The average molecular weight is 443 g/mol. The molecular formula is C20H23F3N4O4. The largest absolute Gasteiger partial charge is 0.423 e. The molecule has 8 nitrogen and oxygen atoms in total. The third kappa shape index (κ3) is 4.63. The van der Waals surface area contributed by atoms with Gasteiger partial charge in [-0.2, -0.15) is 13.2 Å². The van der Waals surface area contributed by atoms with E-state index in [0.29, 0.717) is 26.1 Å². The summed E-state index contributed by atoms with van der Waals surface area (Å²) in [5.41, 5.74) is 0.0123. The quantitative estimate of drug-likeness (QED) is 0.553. The van der Waals surface area contributed by atoms with Crippen molar-refractivity contribution >= 4 is 11.7 Å². The van der Waals surface area contributed by atoms with E-state index in [0.717, 1.165) is 24.4 Å². The molecule has 0 spiro atoms. The van der Waals surface area contributed by atoms with Gasteiger partial charge in [0.1, 0.15) is 0 Å². The molecule has 31 heavy (non-hydrogen) atoms. The molecule has 1 aromatic heterocycles. The summed E-state index contributed by atoms with van der Waals surface area (Å²) in [6.45, 7) is -3.58. The molecule has 1 aliphatic rings. The summed E-state index contributed by atoms with van der Waals surface area (Å²) >= 11 is 0. The number of nitrogens with one attached hydrogen (secondary N) is 1. The number of aromatic nitrogens is 2. The Balaban J connectivity index is 2.10. The molecule has 1 saturated heterocycles. The van der Waals surface area contributed by atoms with Gasteiger partial charge in [0.15, 0.2) is 11.5 Å². The topological polar surface area (TPSA) is 131 Å². The standard InChI is InChI=1S/C20H23F3N4O4/c1-11-2-3-12(19(30,10-28)20(21,22)23)8-14(11)15-9-25-17(24)16(27-15)18(29)26-13-4-6-31-7-5-13/h2-3,8-9,13,28,30H,4-7,10H2,1H3,(H2,24,25)(H,26,29)/i1D3. The van der Waals surface area contributed by atoms with Gasteiger partial charge < -0.3 is 26.0 Å². The highest BCUT2D eigenvalue weighted by atomic mass is 19.4. The van der Waals surface area contributed by atoms with Gasteiger partial charge in [-0.3, -0.25) is 4.79 Å². The van der Waals surface area contributed by atoms with Crippen molar-refractivity contribution in [1.29, 1.82) is 0 Å². The van der Waals surface area contributed by atoms with Gasteiger partial charge in [0, 0.05) is 28.9 Å². The number of nitrogens with zero attached hydrogens (tertiary/aromatic N) is 2. The SMILES string of the molecule is [2H]C([2H])([2H])c1ccc(C(O)(CO)C(F)(F)F)cc1-c1cnc(N)c(C(=O)NC2CCOCC2)n1. The molecule has 2 aromatic rings. The van der Waals surface area contributed by atoms with Crippen LogP contribution in [-0.2, 0) is 10.3 Å². The zero-order valence-corrected chi connectivity index (χ0v) is 16.2. The Hall–Kier alpha value is -2.76. The number of carbonyl (C=O) groups excluding carboxylic acids is 1. The maximum atomic E-state index is 13.5. The molecule has 1 aliphatic heterocycles. The number of nitrogen functional groups attached to an aromatic ring is 1. The maximum absolute atomic E-state index is 13.5. The van der Waals surface area contributed by atoms with Crippen molar-refractivity contribution in [3.8, 4) is 11.3 Å². The molecule has 5 N–H and O–H groups in total. The minimum absolute atomic E-state index is 0.210. The van der Waals surface area contributed by atoms with Crippen molar-refractivity contribution in [2.24, 2.45) is 0 Å². The molecule has 1 aromatic carbocycles. The van der Waals surface area contributed by atoms with E-state index in [2.05, 4.69) is 15.3 Å². The Kier molecular flexibility index (Phi) is 5.37.